The SMILES string of the molecule is CC(C)(NC(=O)OCc1cccc(Br)c1)C(=O)O. The Labute approximate surface area is 113 Å². The Balaban J connectivity index is 2.50. The number of alkyl carbamates (subject to hydrolysis) is 1. The first-order chi connectivity index (χ1) is 8.31. The third-order valence-electron chi connectivity index (χ3n) is 2.21. The van der Waals surface area contributed by atoms with Crippen molar-refractivity contribution in [2.24, 2.45) is 0 Å². The van der Waals surface area contributed by atoms with Gasteiger partial charge in [-0.25, -0.2) is 9.59 Å². The molecule has 0 fully saturated rings. The number of nitrogens with one attached hydrogen (secondary N) is 1. The van der Waals surface area contributed by atoms with E-state index < -0.39 is 17.6 Å². The molecule has 0 bridgehead atoms. The highest BCUT2D eigenvalue weighted by Crippen LogP contribution is 2.12. The summed E-state index contributed by atoms with van der Waals surface area (Å²) in [6.07, 6.45) is -0.762. The fourth-order valence-corrected chi connectivity index (χ4v) is 1.57. The Morgan fingerprint density at radius 2 is 2.11 bits per heavy atom. The molecule has 1 aromatic rings. The number of carbonyl (C=O) groups excluding carboxylic acids is 1. The van der Waals surface area contributed by atoms with Crippen LogP contribution in [0.15, 0.2) is 28.7 Å². The van der Waals surface area contributed by atoms with E-state index in [1.165, 1.54) is 13.8 Å². The third-order valence-corrected chi connectivity index (χ3v) is 2.70. The van der Waals surface area contributed by atoms with Crippen molar-refractivity contribution in [3.05, 3.63) is 34.3 Å². The summed E-state index contributed by atoms with van der Waals surface area (Å²) in [7, 11) is 0. The number of hydrogen-bond donors (Lipinski definition) is 2. The monoisotopic (exact) mass is 315 g/mol. The van der Waals surface area contributed by atoms with Crippen molar-refractivity contribution < 1.29 is 19.4 Å². The van der Waals surface area contributed by atoms with Gasteiger partial charge in [-0.2, -0.15) is 0 Å². The quantitative estimate of drug-likeness (QED) is 0.895. The Hall–Kier alpha value is -1.56. The van der Waals surface area contributed by atoms with Crippen molar-refractivity contribution in [3.63, 3.8) is 0 Å². The molecule has 0 aliphatic rings. The highest BCUT2D eigenvalue weighted by molar-refractivity contribution is 9.10. The van der Waals surface area contributed by atoms with E-state index in [-0.39, 0.29) is 6.61 Å². The molecule has 1 rings (SSSR count). The van der Waals surface area contributed by atoms with Gasteiger partial charge in [-0.1, -0.05) is 28.1 Å². The van der Waals surface area contributed by atoms with Gasteiger partial charge in [0.25, 0.3) is 0 Å². The van der Waals surface area contributed by atoms with Crippen LogP contribution in [0.3, 0.4) is 0 Å². The number of carboxylic acids is 1. The molecule has 6 heteroatoms. The second-order valence-electron chi connectivity index (χ2n) is 4.26. The molecular formula is C12H14BrNO4. The van der Waals surface area contributed by atoms with E-state index >= 15 is 0 Å². The molecule has 0 atom stereocenters. The topological polar surface area (TPSA) is 75.6 Å². The molecule has 1 amide bonds. The average molecular weight is 316 g/mol. The molecular weight excluding hydrogens is 302 g/mol. The molecule has 0 saturated carbocycles. The van der Waals surface area contributed by atoms with Crippen LogP contribution in [0.1, 0.15) is 19.4 Å². The van der Waals surface area contributed by atoms with Crippen molar-refractivity contribution in [2.45, 2.75) is 26.0 Å². The molecule has 2 N–H and O–H groups in total. The summed E-state index contributed by atoms with van der Waals surface area (Å²) in [5.74, 6) is -1.12. The van der Waals surface area contributed by atoms with Gasteiger partial charge in [0.2, 0.25) is 0 Å². The van der Waals surface area contributed by atoms with Gasteiger partial charge < -0.3 is 15.2 Å². The average Bonchev–Trinajstić information content (AvgIpc) is 2.25. The Morgan fingerprint density at radius 3 is 2.67 bits per heavy atom. The molecule has 0 radical (unpaired) electrons. The summed E-state index contributed by atoms with van der Waals surface area (Å²) in [5.41, 5.74) is -0.540. The highest BCUT2D eigenvalue weighted by Gasteiger charge is 2.29. The van der Waals surface area contributed by atoms with Crippen LogP contribution in [0.5, 0.6) is 0 Å². The number of carboxylic acid groups (broad SMARTS) is 1. The smallest absolute Gasteiger partial charge is 0.408 e. The van der Waals surface area contributed by atoms with E-state index in [2.05, 4.69) is 21.2 Å². The van der Waals surface area contributed by atoms with Crippen LogP contribution in [0.25, 0.3) is 0 Å². The lowest BCUT2D eigenvalue weighted by Gasteiger charge is -2.20. The van der Waals surface area contributed by atoms with Gasteiger partial charge in [-0.05, 0) is 31.5 Å². The van der Waals surface area contributed by atoms with Gasteiger partial charge in [-0.15, -0.1) is 0 Å². The first-order valence-corrected chi connectivity index (χ1v) is 6.03. The zero-order valence-electron chi connectivity index (χ0n) is 10.1. The first-order valence-electron chi connectivity index (χ1n) is 5.24. The minimum atomic E-state index is -1.35. The Morgan fingerprint density at radius 1 is 1.44 bits per heavy atom. The van der Waals surface area contributed by atoms with Crippen LogP contribution in [-0.4, -0.2) is 22.7 Å². The largest absolute Gasteiger partial charge is 0.480 e. The normalized spacial score (nSPS) is 10.8. The van der Waals surface area contributed by atoms with E-state index in [1.54, 1.807) is 6.07 Å². The summed E-state index contributed by atoms with van der Waals surface area (Å²) in [5, 5.41) is 11.1. The van der Waals surface area contributed by atoms with Gasteiger partial charge in [-0.3, -0.25) is 0 Å². The summed E-state index contributed by atoms with van der Waals surface area (Å²) in [6.45, 7) is 2.85. The van der Waals surface area contributed by atoms with Crippen LogP contribution in [0.2, 0.25) is 0 Å². The van der Waals surface area contributed by atoms with Gasteiger partial charge in [0.05, 0.1) is 0 Å². The molecule has 0 spiro atoms. The van der Waals surface area contributed by atoms with Crippen LogP contribution >= 0.6 is 15.9 Å². The standard InChI is InChI=1S/C12H14BrNO4/c1-12(2,10(15)16)14-11(17)18-7-8-4-3-5-9(13)6-8/h3-6H,7H2,1-2H3,(H,14,17)(H,15,16). The van der Waals surface area contributed by atoms with Gasteiger partial charge in [0.1, 0.15) is 12.1 Å². The van der Waals surface area contributed by atoms with Gasteiger partial charge in [0, 0.05) is 4.47 Å². The summed E-state index contributed by atoms with van der Waals surface area (Å²) >= 11 is 3.30. The Bertz CT molecular complexity index is 459. The maximum Gasteiger partial charge on any atom is 0.408 e. The Kier molecular flexibility index (Phi) is 4.72. The molecule has 1 aromatic carbocycles. The minimum absolute atomic E-state index is 0.0843. The maximum absolute atomic E-state index is 11.4. The molecule has 0 aliphatic carbocycles. The van der Waals surface area contributed by atoms with Crippen LogP contribution in [-0.2, 0) is 16.1 Å². The van der Waals surface area contributed by atoms with E-state index in [0.29, 0.717) is 0 Å². The molecule has 0 saturated heterocycles. The minimum Gasteiger partial charge on any atom is -0.480 e. The summed E-state index contributed by atoms with van der Waals surface area (Å²) in [6, 6.07) is 7.30. The van der Waals surface area contributed by atoms with E-state index in [1.807, 2.05) is 18.2 Å². The summed E-state index contributed by atoms with van der Waals surface area (Å²) < 4.78 is 5.82. The lowest BCUT2D eigenvalue weighted by molar-refractivity contribution is -0.143. The van der Waals surface area contributed by atoms with Crippen molar-refractivity contribution in [1.29, 1.82) is 0 Å². The number of carbonyl (C=O) groups is 2. The number of aliphatic carboxylic acids is 1. The number of benzene rings is 1. The molecule has 5 nitrogen and oxygen atoms in total. The zero-order valence-corrected chi connectivity index (χ0v) is 11.7. The molecule has 0 heterocycles. The molecule has 0 unspecified atom stereocenters. The van der Waals surface area contributed by atoms with Crippen molar-refractivity contribution in [1.82, 2.24) is 5.32 Å². The summed E-state index contributed by atoms with van der Waals surface area (Å²) in [4.78, 5) is 22.2. The van der Waals surface area contributed by atoms with E-state index in [0.717, 1.165) is 10.0 Å². The predicted molar refractivity (Wildman–Crippen MR) is 69.2 cm³/mol. The first kappa shape index (κ1) is 14.5. The zero-order chi connectivity index (χ0) is 13.8. The number of halogens is 1. The number of ether oxygens (including phenoxy) is 1. The predicted octanol–water partition coefficient (Wildman–Crippen LogP) is 2.54. The third kappa shape index (κ3) is 4.37. The fourth-order valence-electron chi connectivity index (χ4n) is 1.12. The molecule has 0 aliphatic heterocycles. The number of hydrogen-bond acceptors (Lipinski definition) is 3. The highest BCUT2D eigenvalue weighted by atomic mass is 79.9. The van der Waals surface area contributed by atoms with Crippen molar-refractivity contribution in [3.8, 4) is 0 Å². The molecule has 18 heavy (non-hydrogen) atoms. The lowest BCUT2D eigenvalue weighted by atomic mass is 10.1. The van der Waals surface area contributed by atoms with Crippen molar-refractivity contribution >= 4 is 28.0 Å². The molecule has 0 aromatic heterocycles. The lowest BCUT2D eigenvalue weighted by Crippen LogP contribution is -2.49. The van der Waals surface area contributed by atoms with Crippen molar-refractivity contribution in [2.75, 3.05) is 0 Å². The number of amides is 1. The van der Waals surface area contributed by atoms with Gasteiger partial charge >= 0.3 is 12.1 Å². The number of rotatable bonds is 4. The van der Waals surface area contributed by atoms with Crippen LogP contribution in [0.4, 0.5) is 4.79 Å². The van der Waals surface area contributed by atoms with E-state index in [4.69, 9.17) is 9.84 Å². The van der Waals surface area contributed by atoms with E-state index in [9.17, 15) is 9.59 Å². The second-order valence-corrected chi connectivity index (χ2v) is 5.18. The van der Waals surface area contributed by atoms with Crippen LogP contribution in [0, 0.1) is 0 Å². The van der Waals surface area contributed by atoms with Gasteiger partial charge in [0.15, 0.2) is 0 Å². The maximum atomic E-state index is 11.4. The second kappa shape index (κ2) is 5.86. The van der Waals surface area contributed by atoms with Crippen LogP contribution < -0.4 is 5.32 Å². The fraction of sp³-hybridized carbons (Fsp3) is 0.333. The molecule has 98 valence electrons.